The van der Waals surface area contributed by atoms with Gasteiger partial charge >= 0.3 is 5.97 Å². The first-order chi connectivity index (χ1) is 12.7. The van der Waals surface area contributed by atoms with Gasteiger partial charge in [-0.15, -0.1) is 0 Å². The molecule has 1 unspecified atom stereocenters. The minimum Gasteiger partial charge on any atom is -0.458 e. The molecule has 0 N–H and O–H groups in total. The first kappa shape index (κ1) is 23.5. The predicted molar refractivity (Wildman–Crippen MR) is 118 cm³/mol. The Hall–Kier alpha value is -1.55. The maximum absolute atomic E-state index is 12.9. The van der Waals surface area contributed by atoms with Gasteiger partial charge in [-0.1, -0.05) is 64.8 Å². The highest BCUT2D eigenvalue weighted by Crippen LogP contribution is 2.18. The number of hydrogen-bond donors (Lipinski definition) is 0. The Morgan fingerprint density at radius 2 is 1.85 bits per heavy atom. The molecule has 0 amide bonds. The van der Waals surface area contributed by atoms with Crippen LogP contribution in [0.4, 0.5) is 0 Å². The maximum atomic E-state index is 12.9. The van der Waals surface area contributed by atoms with Gasteiger partial charge < -0.3 is 9.64 Å². The molecule has 0 heterocycles. The van der Waals surface area contributed by atoms with Crippen LogP contribution in [0.2, 0.25) is 0 Å². The standard InChI is InChI=1S/C23H34BrNO2/c1-7-19(15-16-24)14-13-18(2)25(6)21(22(26)27-23(3,4)5)17-20-11-9-8-10-12-20/h8-14,21H,7,15-17H2,1-6H3/b18-13+,19-14+. The number of halogens is 1. The summed E-state index contributed by atoms with van der Waals surface area (Å²) in [6.07, 6.45) is 6.94. The van der Waals surface area contributed by atoms with Crippen LogP contribution < -0.4 is 0 Å². The number of benzene rings is 1. The molecule has 4 heteroatoms. The van der Waals surface area contributed by atoms with Gasteiger partial charge in [0.1, 0.15) is 11.6 Å². The van der Waals surface area contributed by atoms with Gasteiger partial charge in [-0.3, -0.25) is 0 Å². The van der Waals surface area contributed by atoms with Crippen molar-refractivity contribution in [2.75, 3.05) is 12.4 Å². The molecule has 1 aromatic rings. The van der Waals surface area contributed by atoms with E-state index in [1.807, 2.05) is 57.8 Å². The molecule has 0 spiro atoms. The van der Waals surface area contributed by atoms with Crippen LogP contribution >= 0.6 is 15.9 Å². The molecule has 1 aromatic carbocycles. The fourth-order valence-electron chi connectivity index (χ4n) is 2.69. The Morgan fingerprint density at radius 3 is 2.37 bits per heavy atom. The lowest BCUT2D eigenvalue weighted by Crippen LogP contribution is -2.43. The quantitative estimate of drug-likeness (QED) is 0.274. The molecule has 150 valence electrons. The SMILES string of the molecule is CC/C(=C\C=C(/C)N(C)C(Cc1ccccc1)C(=O)OC(C)(C)C)CCBr. The van der Waals surface area contributed by atoms with Gasteiger partial charge in [0.2, 0.25) is 0 Å². The van der Waals surface area contributed by atoms with E-state index in [9.17, 15) is 4.79 Å². The van der Waals surface area contributed by atoms with Crippen LogP contribution in [-0.4, -0.2) is 34.9 Å². The number of esters is 1. The van der Waals surface area contributed by atoms with Crippen LogP contribution in [-0.2, 0) is 16.0 Å². The van der Waals surface area contributed by atoms with Gasteiger partial charge in [-0.2, -0.15) is 0 Å². The first-order valence-corrected chi connectivity index (χ1v) is 10.7. The molecular weight excluding hydrogens is 402 g/mol. The average molecular weight is 436 g/mol. The van der Waals surface area contributed by atoms with Gasteiger partial charge in [0, 0.05) is 24.5 Å². The third kappa shape index (κ3) is 8.79. The van der Waals surface area contributed by atoms with Gasteiger partial charge in [0.05, 0.1) is 0 Å². The van der Waals surface area contributed by atoms with E-state index < -0.39 is 5.60 Å². The predicted octanol–water partition coefficient (Wildman–Crippen LogP) is 5.90. The van der Waals surface area contributed by atoms with Crippen molar-refractivity contribution in [3.8, 4) is 0 Å². The van der Waals surface area contributed by atoms with Crippen molar-refractivity contribution in [3.63, 3.8) is 0 Å². The van der Waals surface area contributed by atoms with E-state index in [2.05, 4.69) is 47.1 Å². The number of hydrogen-bond acceptors (Lipinski definition) is 3. The average Bonchev–Trinajstić information content (AvgIpc) is 2.61. The lowest BCUT2D eigenvalue weighted by Gasteiger charge is -2.32. The topological polar surface area (TPSA) is 29.5 Å². The maximum Gasteiger partial charge on any atom is 0.329 e. The summed E-state index contributed by atoms with van der Waals surface area (Å²) < 4.78 is 5.70. The van der Waals surface area contributed by atoms with Gasteiger partial charge in [0.25, 0.3) is 0 Å². The summed E-state index contributed by atoms with van der Waals surface area (Å²) in [6, 6.07) is 9.73. The van der Waals surface area contributed by atoms with Crippen LogP contribution in [0, 0.1) is 0 Å². The number of allylic oxidation sites excluding steroid dienone is 4. The number of nitrogens with zero attached hydrogens (tertiary/aromatic N) is 1. The number of likely N-dealkylation sites (N-methyl/N-ethyl adjacent to an activating group) is 1. The zero-order chi connectivity index (χ0) is 20.4. The van der Waals surface area contributed by atoms with E-state index in [0.717, 1.165) is 29.4 Å². The number of rotatable bonds is 9. The Labute approximate surface area is 173 Å². The van der Waals surface area contributed by atoms with Crippen LogP contribution in [0.15, 0.2) is 53.8 Å². The van der Waals surface area contributed by atoms with Crippen molar-refractivity contribution in [2.24, 2.45) is 0 Å². The molecule has 1 atom stereocenters. The fraction of sp³-hybridized carbons (Fsp3) is 0.522. The van der Waals surface area contributed by atoms with E-state index in [1.165, 1.54) is 5.57 Å². The molecule has 3 nitrogen and oxygen atoms in total. The second-order valence-electron chi connectivity index (χ2n) is 7.78. The molecule has 0 aliphatic carbocycles. The highest BCUT2D eigenvalue weighted by atomic mass is 79.9. The van der Waals surface area contributed by atoms with Crippen LogP contribution in [0.5, 0.6) is 0 Å². The molecule has 0 radical (unpaired) electrons. The molecular formula is C23H34BrNO2. The summed E-state index contributed by atoms with van der Waals surface area (Å²) >= 11 is 3.50. The fourth-order valence-corrected chi connectivity index (χ4v) is 3.20. The van der Waals surface area contributed by atoms with Gasteiger partial charge in [-0.25, -0.2) is 4.79 Å². The summed E-state index contributed by atoms with van der Waals surface area (Å²) in [6.45, 7) is 9.93. The molecule has 0 aromatic heterocycles. The molecule has 0 aliphatic heterocycles. The van der Waals surface area contributed by atoms with Crippen molar-refractivity contribution >= 4 is 21.9 Å². The number of carbonyl (C=O) groups excluding carboxylic acids is 1. The van der Waals surface area contributed by atoms with Gasteiger partial charge in [0.15, 0.2) is 0 Å². The molecule has 27 heavy (non-hydrogen) atoms. The highest BCUT2D eigenvalue weighted by Gasteiger charge is 2.29. The Bertz CT molecular complexity index is 644. The minimum absolute atomic E-state index is 0.193. The van der Waals surface area contributed by atoms with Crippen LogP contribution in [0.1, 0.15) is 53.0 Å². The highest BCUT2D eigenvalue weighted by molar-refractivity contribution is 9.09. The van der Waals surface area contributed by atoms with Crippen molar-refractivity contribution < 1.29 is 9.53 Å². The monoisotopic (exact) mass is 435 g/mol. The molecule has 1 rings (SSSR count). The van der Waals surface area contributed by atoms with E-state index >= 15 is 0 Å². The van der Waals surface area contributed by atoms with Crippen LogP contribution in [0.3, 0.4) is 0 Å². The number of carbonyl (C=O) groups is 1. The zero-order valence-electron chi connectivity index (χ0n) is 17.6. The van der Waals surface area contributed by atoms with Crippen molar-refractivity contribution in [2.45, 2.75) is 65.5 Å². The second kappa shape index (κ2) is 11.3. The van der Waals surface area contributed by atoms with E-state index in [-0.39, 0.29) is 12.0 Å². The lowest BCUT2D eigenvalue weighted by atomic mass is 10.0. The largest absolute Gasteiger partial charge is 0.458 e. The third-order valence-electron chi connectivity index (χ3n) is 4.40. The van der Waals surface area contributed by atoms with Crippen molar-refractivity contribution in [1.82, 2.24) is 4.90 Å². The molecule has 0 fully saturated rings. The lowest BCUT2D eigenvalue weighted by molar-refractivity contribution is -0.160. The summed E-state index contributed by atoms with van der Waals surface area (Å²) in [7, 11) is 1.97. The third-order valence-corrected chi connectivity index (χ3v) is 4.80. The van der Waals surface area contributed by atoms with E-state index in [4.69, 9.17) is 4.74 Å². The number of ether oxygens (including phenoxy) is 1. The summed E-state index contributed by atoms with van der Waals surface area (Å²) in [4.78, 5) is 14.9. The van der Waals surface area contributed by atoms with Gasteiger partial charge in [-0.05, 0) is 52.2 Å². The Morgan fingerprint density at radius 1 is 1.22 bits per heavy atom. The molecule has 0 saturated heterocycles. The normalized spacial score (nSPS) is 14.0. The van der Waals surface area contributed by atoms with E-state index in [1.54, 1.807) is 0 Å². The van der Waals surface area contributed by atoms with Crippen LogP contribution in [0.25, 0.3) is 0 Å². The van der Waals surface area contributed by atoms with Crippen molar-refractivity contribution in [3.05, 3.63) is 59.3 Å². The summed E-state index contributed by atoms with van der Waals surface area (Å²) in [5, 5.41) is 0.962. The zero-order valence-corrected chi connectivity index (χ0v) is 19.2. The molecule has 0 aliphatic rings. The Kier molecular flexibility index (Phi) is 9.86. The second-order valence-corrected chi connectivity index (χ2v) is 8.57. The number of alkyl halides is 1. The van der Waals surface area contributed by atoms with Crippen molar-refractivity contribution in [1.29, 1.82) is 0 Å². The summed E-state index contributed by atoms with van der Waals surface area (Å²) in [5.41, 5.74) is 3.05. The first-order valence-electron chi connectivity index (χ1n) is 9.59. The molecule has 0 bridgehead atoms. The Balaban J connectivity index is 3.07. The summed E-state index contributed by atoms with van der Waals surface area (Å²) in [5.74, 6) is -0.193. The van der Waals surface area contributed by atoms with E-state index in [0.29, 0.717) is 6.42 Å². The smallest absolute Gasteiger partial charge is 0.329 e. The molecule has 0 saturated carbocycles. The minimum atomic E-state index is -0.504.